The van der Waals surface area contributed by atoms with Crippen LogP contribution in [0.2, 0.25) is 0 Å². The van der Waals surface area contributed by atoms with Gasteiger partial charge in [0.05, 0.1) is 6.10 Å². The minimum Gasteiger partial charge on any atom is -0.391 e. The molecule has 0 bridgehead atoms. The maximum atomic E-state index is 9.96. The van der Waals surface area contributed by atoms with Gasteiger partial charge in [0, 0.05) is 18.7 Å². The van der Waals surface area contributed by atoms with Crippen molar-refractivity contribution in [1.82, 2.24) is 9.97 Å². The van der Waals surface area contributed by atoms with Crippen LogP contribution in [-0.2, 0) is 6.42 Å². The molecule has 112 valence electrons. The van der Waals surface area contributed by atoms with Crippen LogP contribution >= 0.6 is 0 Å². The largest absolute Gasteiger partial charge is 0.391 e. The van der Waals surface area contributed by atoms with Crippen LogP contribution in [0.5, 0.6) is 0 Å². The molecule has 5 heteroatoms. The molecule has 0 amide bonds. The van der Waals surface area contributed by atoms with Gasteiger partial charge < -0.3 is 15.7 Å². The van der Waals surface area contributed by atoms with E-state index < -0.39 is 0 Å². The summed E-state index contributed by atoms with van der Waals surface area (Å²) < 4.78 is 0. The van der Waals surface area contributed by atoms with Gasteiger partial charge >= 0.3 is 0 Å². The normalized spacial score (nSPS) is 15.9. The quantitative estimate of drug-likeness (QED) is 0.647. The third-order valence-corrected chi connectivity index (χ3v) is 3.63. The Balaban J connectivity index is 2.04. The molecule has 1 aromatic heterocycles. The van der Waals surface area contributed by atoms with Gasteiger partial charge in [0.1, 0.15) is 18.0 Å². The lowest BCUT2D eigenvalue weighted by Gasteiger charge is -2.16. The van der Waals surface area contributed by atoms with Crippen LogP contribution in [0, 0.1) is 5.92 Å². The highest BCUT2D eigenvalue weighted by Crippen LogP contribution is 2.32. The molecule has 0 spiro atoms. The van der Waals surface area contributed by atoms with E-state index in [2.05, 4.69) is 34.4 Å². The Bertz CT molecular complexity index is 420. The van der Waals surface area contributed by atoms with Gasteiger partial charge in [0.25, 0.3) is 0 Å². The van der Waals surface area contributed by atoms with Gasteiger partial charge in [-0.1, -0.05) is 20.3 Å². The second-order valence-electron chi connectivity index (χ2n) is 5.51. The van der Waals surface area contributed by atoms with Crippen molar-refractivity contribution in [3.05, 3.63) is 11.9 Å². The SMILES string of the molecule is CCCNc1ncnc(NCC(O)C2CC2)c1CCC. The van der Waals surface area contributed by atoms with Crippen LogP contribution in [0.4, 0.5) is 11.6 Å². The van der Waals surface area contributed by atoms with Gasteiger partial charge in [0.2, 0.25) is 0 Å². The molecule has 1 aliphatic rings. The monoisotopic (exact) mass is 278 g/mol. The van der Waals surface area contributed by atoms with E-state index >= 15 is 0 Å². The highest BCUT2D eigenvalue weighted by molar-refractivity contribution is 5.57. The van der Waals surface area contributed by atoms with Crippen molar-refractivity contribution < 1.29 is 5.11 Å². The van der Waals surface area contributed by atoms with Gasteiger partial charge in [-0.3, -0.25) is 0 Å². The summed E-state index contributed by atoms with van der Waals surface area (Å²) in [6.07, 6.45) is 6.69. The second kappa shape index (κ2) is 7.43. The maximum Gasteiger partial charge on any atom is 0.134 e. The summed E-state index contributed by atoms with van der Waals surface area (Å²) in [5.74, 6) is 2.27. The van der Waals surface area contributed by atoms with Gasteiger partial charge in [-0.05, 0) is 31.6 Å². The summed E-state index contributed by atoms with van der Waals surface area (Å²) in [5, 5.41) is 16.6. The van der Waals surface area contributed by atoms with Crippen LogP contribution < -0.4 is 10.6 Å². The molecule has 1 aliphatic carbocycles. The zero-order valence-electron chi connectivity index (χ0n) is 12.5. The van der Waals surface area contributed by atoms with Crippen molar-refractivity contribution >= 4 is 11.6 Å². The molecule has 20 heavy (non-hydrogen) atoms. The van der Waals surface area contributed by atoms with Crippen LogP contribution in [-0.4, -0.2) is 34.3 Å². The topological polar surface area (TPSA) is 70.1 Å². The Morgan fingerprint density at radius 3 is 2.50 bits per heavy atom. The fourth-order valence-corrected chi connectivity index (χ4v) is 2.30. The number of anilines is 2. The highest BCUT2D eigenvalue weighted by atomic mass is 16.3. The van der Waals surface area contributed by atoms with E-state index in [9.17, 15) is 5.11 Å². The van der Waals surface area contributed by atoms with Crippen molar-refractivity contribution in [1.29, 1.82) is 0 Å². The second-order valence-corrected chi connectivity index (χ2v) is 5.51. The number of hydrogen-bond donors (Lipinski definition) is 3. The number of aromatic nitrogens is 2. The summed E-state index contributed by atoms with van der Waals surface area (Å²) in [6, 6.07) is 0. The van der Waals surface area contributed by atoms with Crippen molar-refractivity contribution in [2.45, 2.75) is 52.1 Å². The molecule has 2 rings (SSSR count). The first-order valence-corrected chi connectivity index (χ1v) is 7.75. The first-order valence-electron chi connectivity index (χ1n) is 7.75. The molecule has 1 fully saturated rings. The average Bonchev–Trinajstić information content (AvgIpc) is 3.29. The minimum atomic E-state index is -0.258. The fourth-order valence-electron chi connectivity index (χ4n) is 2.30. The first kappa shape index (κ1) is 15.0. The Kier molecular flexibility index (Phi) is 5.59. The van der Waals surface area contributed by atoms with Crippen molar-refractivity contribution in [3.63, 3.8) is 0 Å². The number of aliphatic hydroxyl groups is 1. The average molecular weight is 278 g/mol. The molecule has 0 aliphatic heterocycles. The van der Waals surface area contributed by atoms with Gasteiger partial charge in [-0.2, -0.15) is 0 Å². The molecule has 0 radical (unpaired) electrons. The predicted molar refractivity (Wildman–Crippen MR) is 82.0 cm³/mol. The third-order valence-electron chi connectivity index (χ3n) is 3.63. The predicted octanol–water partition coefficient (Wildman–Crippen LogP) is 2.43. The lowest BCUT2D eigenvalue weighted by atomic mass is 10.1. The van der Waals surface area contributed by atoms with Crippen molar-refractivity contribution in [3.8, 4) is 0 Å². The fraction of sp³-hybridized carbons (Fsp3) is 0.733. The van der Waals surface area contributed by atoms with Crippen molar-refractivity contribution in [2.24, 2.45) is 5.92 Å². The van der Waals surface area contributed by atoms with Crippen LogP contribution in [0.3, 0.4) is 0 Å². The Morgan fingerprint density at radius 2 is 1.90 bits per heavy atom. The maximum absolute atomic E-state index is 9.96. The molecule has 0 saturated heterocycles. The molecular formula is C15H26N4O. The number of hydrogen-bond acceptors (Lipinski definition) is 5. The zero-order valence-corrected chi connectivity index (χ0v) is 12.5. The van der Waals surface area contributed by atoms with Crippen LogP contribution in [0.1, 0.15) is 45.1 Å². The summed E-state index contributed by atoms with van der Waals surface area (Å²) in [7, 11) is 0. The smallest absolute Gasteiger partial charge is 0.134 e. The van der Waals surface area contributed by atoms with E-state index in [-0.39, 0.29) is 6.10 Å². The molecule has 5 nitrogen and oxygen atoms in total. The lowest BCUT2D eigenvalue weighted by molar-refractivity contribution is 0.164. The number of aliphatic hydroxyl groups excluding tert-OH is 1. The first-order chi connectivity index (χ1) is 9.76. The Hall–Kier alpha value is -1.36. The van der Waals surface area contributed by atoms with E-state index in [4.69, 9.17) is 0 Å². The number of nitrogens with one attached hydrogen (secondary N) is 2. The van der Waals surface area contributed by atoms with Crippen LogP contribution in [0.25, 0.3) is 0 Å². The van der Waals surface area contributed by atoms with E-state index in [1.165, 1.54) is 0 Å². The molecule has 1 unspecified atom stereocenters. The zero-order chi connectivity index (χ0) is 14.4. The van der Waals surface area contributed by atoms with E-state index in [0.29, 0.717) is 12.5 Å². The molecule has 1 heterocycles. The molecule has 1 saturated carbocycles. The summed E-state index contributed by atoms with van der Waals surface area (Å²) in [6.45, 7) is 5.78. The van der Waals surface area contributed by atoms with Gasteiger partial charge in [0.15, 0.2) is 0 Å². The van der Waals surface area contributed by atoms with E-state index in [0.717, 1.165) is 55.8 Å². The van der Waals surface area contributed by atoms with Crippen molar-refractivity contribution in [2.75, 3.05) is 23.7 Å². The Morgan fingerprint density at radius 1 is 1.20 bits per heavy atom. The third kappa shape index (κ3) is 4.07. The minimum absolute atomic E-state index is 0.258. The number of nitrogens with zero attached hydrogens (tertiary/aromatic N) is 2. The van der Waals surface area contributed by atoms with Crippen LogP contribution in [0.15, 0.2) is 6.33 Å². The van der Waals surface area contributed by atoms with Gasteiger partial charge in [-0.15, -0.1) is 0 Å². The molecule has 1 atom stereocenters. The lowest BCUT2D eigenvalue weighted by Crippen LogP contribution is -2.23. The molecule has 0 aromatic carbocycles. The summed E-state index contributed by atoms with van der Waals surface area (Å²) in [5.41, 5.74) is 1.13. The molecule has 3 N–H and O–H groups in total. The van der Waals surface area contributed by atoms with E-state index in [1.54, 1.807) is 6.33 Å². The summed E-state index contributed by atoms with van der Waals surface area (Å²) in [4.78, 5) is 8.69. The van der Waals surface area contributed by atoms with Gasteiger partial charge in [-0.25, -0.2) is 9.97 Å². The van der Waals surface area contributed by atoms with E-state index in [1.807, 2.05) is 0 Å². The number of rotatable bonds is 9. The standard InChI is InChI=1S/C15H26N4O/c1-3-5-12-14(16-8-4-2)18-10-19-15(12)17-9-13(20)11-6-7-11/h10-11,13,20H,3-9H2,1-2H3,(H2,16,17,18,19). The molecule has 1 aromatic rings. The Labute approximate surface area is 121 Å². The highest BCUT2D eigenvalue weighted by Gasteiger charge is 2.29. The summed E-state index contributed by atoms with van der Waals surface area (Å²) >= 11 is 0. The molecular weight excluding hydrogens is 252 g/mol.